The smallest absolute Gasteiger partial charge is 0.326 e. The zero-order valence-corrected chi connectivity index (χ0v) is 12.9. The molecule has 0 bridgehead atoms. The van der Waals surface area contributed by atoms with E-state index in [2.05, 4.69) is 15.6 Å². The second kappa shape index (κ2) is 6.66. The molecular formula is C17H17N3O4. The van der Waals surface area contributed by atoms with E-state index < -0.39 is 24.0 Å². The summed E-state index contributed by atoms with van der Waals surface area (Å²) < 4.78 is 0. The summed E-state index contributed by atoms with van der Waals surface area (Å²) in [6, 6.07) is 9.40. The number of hydrogen-bond donors (Lipinski definition) is 3. The highest BCUT2D eigenvalue weighted by molar-refractivity contribution is 5.92. The quantitative estimate of drug-likeness (QED) is 0.746. The molecule has 0 spiro atoms. The van der Waals surface area contributed by atoms with E-state index in [4.69, 9.17) is 0 Å². The molecule has 1 aliphatic rings. The van der Waals surface area contributed by atoms with Crippen molar-refractivity contribution in [2.45, 2.75) is 31.3 Å². The van der Waals surface area contributed by atoms with E-state index in [1.807, 2.05) is 30.3 Å². The van der Waals surface area contributed by atoms with Crippen LogP contribution >= 0.6 is 0 Å². The van der Waals surface area contributed by atoms with Crippen molar-refractivity contribution in [2.24, 2.45) is 0 Å². The number of nitrogens with zero attached hydrogens (tertiary/aromatic N) is 1. The van der Waals surface area contributed by atoms with E-state index in [0.29, 0.717) is 12.1 Å². The Morgan fingerprint density at radius 3 is 2.79 bits per heavy atom. The maximum Gasteiger partial charge on any atom is 0.326 e. The highest BCUT2D eigenvalue weighted by atomic mass is 16.4. The van der Waals surface area contributed by atoms with Gasteiger partial charge in [0.15, 0.2) is 0 Å². The number of nitrogens with one attached hydrogen (secondary N) is 2. The van der Waals surface area contributed by atoms with E-state index in [9.17, 15) is 19.5 Å². The molecule has 1 fully saturated rings. The lowest BCUT2D eigenvalue weighted by Gasteiger charge is -2.17. The molecule has 3 rings (SSSR count). The molecule has 7 heteroatoms. The first kappa shape index (κ1) is 15.9. The maximum atomic E-state index is 12.1. The Kier molecular flexibility index (Phi) is 4.41. The van der Waals surface area contributed by atoms with Crippen molar-refractivity contribution in [3.8, 4) is 0 Å². The molecule has 1 aromatic carbocycles. The number of hydrogen-bond acceptors (Lipinski definition) is 4. The highest BCUT2D eigenvalue weighted by Gasteiger charge is 2.30. The second-order valence-electron chi connectivity index (χ2n) is 5.76. The van der Waals surface area contributed by atoms with Gasteiger partial charge in [-0.15, -0.1) is 0 Å². The van der Waals surface area contributed by atoms with Crippen LogP contribution in [0.3, 0.4) is 0 Å². The number of rotatable bonds is 5. The van der Waals surface area contributed by atoms with Gasteiger partial charge >= 0.3 is 5.97 Å². The molecule has 0 aliphatic carbocycles. The van der Waals surface area contributed by atoms with Gasteiger partial charge in [0.05, 0.1) is 5.52 Å². The van der Waals surface area contributed by atoms with Crippen molar-refractivity contribution in [1.29, 1.82) is 0 Å². The van der Waals surface area contributed by atoms with Gasteiger partial charge in [0, 0.05) is 23.9 Å². The molecule has 1 saturated heterocycles. The lowest BCUT2D eigenvalue weighted by Crippen LogP contribution is -2.49. The lowest BCUT2D eigenvalue weighted by atomic mass is 10.1. The zero-order valence-electron chi connectivity index (χ0n) is 12.9. The number of aromatic nitrogens is 1. The fourth-order valence-corrected chi connectivity index (χ4v) is 2.71. The number of amides is 2. The number of benzene rings is 1. The van der Waals surface area contributed by atoms with E-state index in [0.717, 1.165) is 10.9 Å². The maximum absolute atomic E-state index is 12.1. The van der Waals surface area contributed by atoms with Gasteiger partial charge in [0.2, 0.25) is 11.8 Å². The Bertz CT molecular complexity index is 805. The van der Waals surface area contributed by atoms with E-state index in [-0.39, 0.29) is 18.7 Å². The summed E-state index contributed by atoms with van der Waals surface area (Å²) in [5.74, 6) is -1.81. The van der Waals surface area contributed by atoms with Crippen molar-refractivity contribution in [3.63, 3.8) is 0 Å². The van der Waals surface area contributed by atoms with Gasteiger partial charge in [0.25, 0.3) is 0 Å². The molecule has 7 nitrogen and oxygen atoms in total. The van der Waals surface area contributed by atoms with Crippen LogP contribution in [0.5, 0.6) is 0 Å². The van der Waals surface area contributed by atoms with E-state index in [1.54, 1.807) is 6.07 Å². The first-order valence-electron chi connectivity index (χ1n) is 7.70. The summed E-state index contributed by atoms with van der Waals surface area (Å²) in [6.07, 6.45) is 0.736. The fraction of sp³-hybridized carbons (Fsp3) is 0.294. The van der Waals surface area contributed by atoms with Crippen molar-refractivity contribution in [3.05, 3.63) is 42.1 Å². The average Bonchev–Trinajstić information content (AvgIpc) is 3.00. The zero-order chi connectivity index (χ0) is 17.1. The third-order valence-electron chi connectivity index (χ3n) is 4.00. The summed E-state index contributed by atoms with van der Waals surface area (Å²) in [4.78, 5) is 39.2. The van der Waals surface area contributed by atoms with Crippen molar-refractivity contribution >= 4 is 28.7 Å². The summed E-state index contributed by atoms with van der Waals surface area (Å²) in [7, 11) is 0. The van der Waals surface area contributed by atoms with Gasteiger partial charge in [-0.1, -0.05) is 24.3 Å². The molecule has 0 saturated carbocycles. The predicted octanol–water partition coefficient (Wildman–Crippen LogP) is 0.625. The second-order valence-corrected chi connectivity index (χ2v) is 5.76. The van der Waals surface area contributed by atoms with Crippen LogP contribution in [0.1, 0.15) is 18.5 Å². The van der Waals surface area contributed by atoms with Gasteiger partial charge in [-0.2, -0.15) is 0 Å². The minimum atomic E-state index is -1.14. The Balaban J connectivity index is 1.72. The van der Waals surface area contributed by atoms with Crippen molar-refractivity contribution < 1.29 is 19.5 Å². The minimum Gasteiger partial charge on any atom is -0.480 e. The summed E-state index contributed by atoms with van der Waals surface area (Å²) in [6.45, 7) is 0. The van der Waals surface area contributed by atoms with E-state index in [1.165, 1.54) is 0 Å². The first-order chi connectivity index (χ1) is 11.5. The molecule has 124 valence electrons. The fourth-order valence-electron chi connectivity index (χ4n) is 2.71. The van der Waals surface area contributed by atoms with Crippen LogP contribution in [0.15, 0.2) is 36.4 Å². The van der Waals surface area contributed by atoms with Crippen molar-refractivity contribution in [2.75, 3.05) is 0 Å². The monoisotopic (exact) mass is 327 g/mol. The molecule has 2 heterocycles. The van der Waals surface area contributed by atoms with Gasteiger partial charge in [-0.3, -0.25) is 14.6 Å². The lowest BCUT2D eigenvalue weighted by molar-refractivity contribution is -0.142. The first-order valence-corrected chi connectivity index (χ1v) is 7.70. The van der Waals surface area contributed by atoms with Crippen LogP contribution < -0.4 is 10.6 Å². The molecule has 1 aliphatic heterocycles. The normalized spacial score (nSPS) is 18.2. The number of para-hydroxylation sites is 1. The number of fused-ring (bicyclic) bond motifs is 1. The van der Waals surface area contributed by atoms with Gasteiger partial charge in [-0.25, -0.2) is 4.79 Å². The number of carboxylic acids is 1. The molecular weight excluding hydrogens is 310 g/mol. The average molecular weight is 327 g/mol. The van der Waals surface area contributed by atoms with Crippen LogP contribution in [-0.2, 0) is 20.8 Å². The number of carbonyl (C=O) groups excluding carboxylic acids is 2. The standard InChI is InChI=1S/C17H17N3O4/c21-15-8-7-13(19-15)16(22)20-14(17(23)24)9-11-6-5-10-3-1-2-4-12(10)18-11/h1-6,13-14H,7-9H2,(H,19,21)(H,20,22)(H,23,24)/t13-,14-/m0/s1. The summed E-state index contributed by atoms with van der Waals surface area (Å²) in [5, 5.41) is 15.3. The Morgan fingerprint density at radius 1 is 1.29 bits per heavy atom. The number of carbonyl (C=O) groups is 3. The molecule has 2 atom stereocenters. The minimum absolute atomic E-state index is 0.0760. The van der Waals surface area contributed by atoms with Crippen LogP contribution in [0.4, 0.5) is 0 Å². The number of carboxylic acid groups (broad SMARTS) is 1. The molecule has 2 aromatic rings. The molecule has 0 radical (unpaired) electrons. The van der Waals surface area contributed by atoms with Crippen LogP contribution in [-0.4, -0.2) is 40.0 Å². The SMILES string of the molecule is O=C1CC[C@@H](C(=O)N[C@@H](Cc2ccc3ccccc3n2)C(=O)O)N1. The molecule has 2 amide bonds. The molecule has 1 aromatic heterocycles. The number of aliphatic carboxylic acids is 1. The van der Waals surface area contributed by atoms with Crippen LogP contribution in [0.2, 0.25) is 0 Å². The Morgan fingerprint density at radius 2 is 2.08 bits per heavy atom. The van der Waals surface area contributed by atoms with Gasteiger partial charge < -0.3 is 15.7 Å². The predicted molar refractivity (Wildman–Crippen MR) is 86.2 cm³/mol. The van der Waals surface area contributed by atoms with E-state index >= 15 is 0 Å². The summed E-state index contributed by atoms with van der Waals surface area (Å²) >= 11 is 0. The topological polar surface area (TPSA) is 108 Å². The molecule has 0 unspecified atom stereocenters. The third-order valence-corrected chi connectivity index (χ3v) is 4.00. The van der Waals surface area contributed by atoms with Gasteiger partial charge in [0.1, 0.15) is 12.1 Å². The largest absolute Gasteiger partial charge is 0.480 e. The highest BCUT2D eigenvalue weighted by Crippen LogP contribution is 2.13. The molecule has 24 heavy (non-hydrogen) atoms. The van der Waals surface area contributed by atoms with Crippen molar-refractivity contribution in [1.82, 2.24) is 15.6 Å². The molecule has 3 N–H and O–H groups in total. The number of pyridine rings is 1. The van der Waals surface area contributed by atoms with Gasteiger partial charge in [-0.05, 0) is 18.6 Å². The van der Waals surface area contributed by atoms with Crippen LogP contribution in [0.25, 0.3) is 10.9 Å². The Hall–Kier alpha value is -2.96. The Labute approximate surface area is 138 Å². The van der Waals surface area contributed by atoms with Crippen LogP contribution in [0, 0.1) is 0 Å². The third kappa shape index (κ3) is 3.51. The summed E-state index contributed by atoms with van der Waals surface area (Å²) in [5.41, 5.74) is 1.35.